The monoisotopic (exact) mass is 404 g/mol. The summed E-state index contributed by atoms with van der Waals surface area (Å²) in [6.07, 6.45) is 1.35. The van der Waals surface area contributed by atoms with Gasteiger partial charge in [-0.15, -0.1) is 0 Å². The molecule has 2 heterocycles. The van der Waals surface area contributed by atoms with Gasteiger partial charge >= 0.3 is 6.18 Å². The van der Waals surface area contributed by atoms with Crippen molar-refractivity contribution < 1.29 is 18.0 Å². The largest absolute Gasteiger partial charge is 0.419 e. The van der Waals surface area contributed by atoms with E-state index in [1.807, 2.05) is 29.2 Å². The Morgan fingerprint density at radius 3 is 2.41 bits per heavy atom. The number of halogens is 3. The maximum Gasteiger partial charge on any atom is 0.419 e. The maximum atomic E-state index is 13.5. The van der Waals surface area contributed by atoms with Crippen LogP contribution in [0.1, 0.15) is 55.7 Å². The number of carbonyl (C=O) groups excluding carboxylic acids is 1. The Labute approximate surface area is 167 Å². The molecule has 1 N–H and O–H groups in total. The first-order chi connectivity index (χ1) is 13.9. The highest BCUT2D eigenvalue weighted by atomic mass is 19.4. The number of anilines is 3. The summed E-state index contributed by atoms with van der Waals surface area (Å²) in [5.41, 5.74) is 0.997. The highest BCUT2D eigenvalue weighted by molar-refractivity contribution is 5.87. The Balaban J connectivity index is 1.54. The zero-order chi connectivity index (χ0) is 20.4. The molecule has 1 aromatic heterocycles. The lowest BCUT2D eigenvalue weighted by Gasteiger charge is -2.24. The molecule has 2 fully saturated rings. The quantitative estimate of drug-likeness (QED) is 0.771. The standard InChI is InChI=1S/C21H23F3N4O/c22-21(23,24)18-12-25-20(27-19(18)14-4-2-1-3-5-14)26-15-6-8-16(9-7-15)28-11-10-17(29)13-28/h6-9,12,14H,1-5,10-11,13H2,(H,25,26,27). The molecule has 154 valence electrons. The number of hydrogen-bond acceptors (Lipinski definition) is 5. The van der Waals surface area contributed by atoms with E-state index in [0.29, 0.717) is 25.2 Å². The molecule has 1 saturated heterocycles. The Kier molecular flexibility index (Phi) is 5.43. The summed E-state index contributed by atoms with van der Waals surface area (Å²) >= 11 is 0. The Morgan fingerprint density at radius 1 is 1.07 bits per heavy atom. The molecule has 1 aliphatic carbocycles. The zero-order valence-corrected chi connectivity index (χ0v) is 16.0. The first-order valence-electron chi connectivity index (χ1n) is 9.98. The number of nitrogens with zero attached hydrogens (tertiary/aromatic N) is 3. The molecule has 1 aromatic carbocycles. The molecule has 0 spiro atoms. The fourth-order valence-electron chi connectivity index (χ4n) is 4.10. The van der Waals surface area contributed by atoms with Crippen molar-refractivity contribution in [3.8, 4) is 0 Å². The molecular weight excluding hydrogens is 381 g/mol. The van der Waals surface area contributed by atoms with Crippen LogP contribution in [0.15, 0.2) is 30.5 Å². The summed E-state index contributed by atoms with van der Waals surface area (Å²) in [4.78, 5) is 21.6. The van der Waals surface area contributed by atoms with Crippen LogP contribution < -0.4 is 10.2 Å². The van der Waals surface area contributed by atoms with E-state index >= 15 is 0 Å². The van der Waals surface area contributed by atoms with Gasteiger partial charge in [-0.05, 0) is 37.1 Å². The second-order valence-corrected chi connectivity index (χ2v) is 7.71. The molecule has 0 amide bonds. The summed E-state index contributed by atoms with van der Waals surface area (Å²) in [5.74, 6) is 0.210. The van der Waals surface area contributed by atoms with E-state index in [2.05, 4.69) is 15.3 Å². The second-order valence-electron chi connectivity index (χ2n) is 7.71. The zero-order valence-electron chi connectivity index (χ0n) is 16.0. The van der Waals surface area contributed by atoms with Gasteiger partial charge in [0.15, 0.2) is 5.78 Å². The van der Waals surface area contributed by atoms with E-state index in [1.165, 1.54) is 0 Å². The van der Waals surface area contributed by atoms with Crippen molar-refractivity contribution in [1.29, 1.82) is 0 Å². The normalized spacial score (nSPS) is 18.3. The molecule has 2 aliphatic rings. The van der Waals surface area contributed by atoms with E-state index in [4.69, 9.17) is 0 Å². The van der Waals surface area contributed by atoms with Gasteiger partial charge in [-0.2, -0.15) is 13.2 Å². The first kappa shape index (κ1) is 19.7. The lowest BCUT2D eigenvalue weighted by Crippen LogP contribution is -2.19. The van der Waals surface area contributed by atoms with Crippen LogP contribution in [-0.2, 0) is 11.0 Å². The van der Waals surface area contributed by atoms with Crippen molar-refractivity contribution in [2.24, 2.45) is 0 Å². The van der Waals surface area contributed by atoms with E-state index in [-0.39, 0.29) is 23.3 Å². The molecule has 2 aromatic rings. The fourth-order valence-corrected chi connectivity index (χ4v) is 4.10. The van der Waals surface area contributed by atoms with Gasteiger partial charge in [0.2, 0.25) is 5.95 Å². The minimum absolute atomic E-state index is 0.0990. The predicted molar refractivity (Wildman–Crippen MR) is 104 cm³/mol. The molecule has 4 rings (SSSR count). The van der Waals surface area contributed by atoms with Crippen molar-refractivity contribution in [1.82, 2.24) is 9.97 Å². The number of alkyl halides is 3. The predicted octanol–water partition coefficient (Wildman–Crippen LogP) is 5.07. The number of nitrogens with one attached hydrogen (secondary N) is 1. The van der Waals surface area contributed by atoms with Crippen molar-refractivity contribution in [3.63, 3.8) is 0 Å². The Morgan fingerprint density at radius 2 is 1.79 bits per heavy atom. The molecule has 5 nitrogen and oxygen atoms in total. The van der Waals surface area contributed by atoms with E-state index in [0.717, 1.165) is 44.0 Å². The van der Waals surface area contributed by atoms with Crippen molar-refractivity contribution in [2.45, 2.75) is 50.6 Å². The van der Waals surface area contributed by atoms with Gasteiger partial charge in [0, 0.05) is 36.5 Å². The molecule has 1 aliphatic heterocycles. The smallest absolute Gasteiger partial charge is 0.364 e. The van der Waals surface area contributed by atoms with Crippen LogP contribution in [0.3, 0.4) is 0 Å². The van der Waals surface area contributed by atoms with Crippen molar-refractivity contribution in [2.75, 3.05) is 23.3 Å². The summed E-state index contributed by atoms with van der Waals surface area (Å²) < 4.78 is 40.4. The molecule has 0 radical (unpaired) electrons. The number of rotatable bonds is 4. The minimum Gasteiger partial charge on any atom is -0.364 e. The Hall–Kier alpha value is -2.64. The third kappa shape index (κ3) is 4.52. The number of carbonyl (C=O) groups is 1. The van der Waals surface area contributed by atoms with Gasteiger partial charge in [-0.3, -0.25) is 4.79 Å². The van der Waals surface area contributed by atoms with Crippen LogP contribution >= 0.6 is 0 Å². The highest BCUT2D eigenvalue weighted by Crippen LogP contribution is 2.39. The number of ketones is 1. The van der Waals surface area contributed by atoms with Gasteiger partial charge in [-0.1, -0.05) is 19.3 Å². The molecule has 0 bridgehead atoms. The molecule has 29 heavy (non-hydrogen) atoms. The molecule has 1 saturated carbocycles. The van der Waals surface area contributed by atoms with E-state index < -0.39 is 11.7 Å². The summed E-state index contributed by atoms with van der Waals surface area (Å²) in [5, 5.41) is 3.01. The van der Waals surface area contributed by atoms with Gasteiger partial charge in [-0.25, -0.2) is 9.97 Å². The number of Topliss-reactive ketones (excluding diaryl/α,β-unsaturated/α-hetero) is 1. The summed E-state index contributed by atoms with van der Waals surface area (Å²) in [7, 11) is 0. The van der Waals surface area contributed by atoms with Gasteiger partial charge < -0.3 is 10.2 Å². The average Bonchev–Trinajstić information content (AvgIpc) is 3.15. The van der Waals surface area contributed by atoms with E-state index in [1.54, 1.807) is 0 Å². The first-order valence-corrected chi connectivity index (χ1v) is 9.98. The van der Waals surface area contributed by atoms with Crippen molar-refractivity contribution >= 4 is 23.1 Å². The molecule has 8 heteroatoms. The lowest BCUT2D eigenvalue weighted by atomic mass is 9.85. The second kappa shape index (κ2) is 8.00. The number of aromatic nitrogens is 2. The summed E-state index contributed by atoms with van der Waals surface area (Å²) in [6.45, 7) is 1.12. The molecule has 0 atom stereocenters. The topological polar surface area (TPSA) is 58.1 Å². The van der Waals surface area contributed by atoms with Crippen LogP contribution in [0.2, 0.25) is 0 Å². The van der Waals surface area contributed by atoms with E-state index in [9.17, 15) is 18.0 Å². The molecular formula is C21H23F3N4O. The van der Waals surface area contributed by atoms with Crippen LogP contribution in [0, 0.1) is 0 Å². The average molecular weight is 404 g/mol. The Bertz CT molecular complexity index is 876. The van der Waals surface area contributed by atoms with Crippen LogP contribution in [0.4, 0.5) is 30.5 Å². The SMILES string of the molecule is O=C1CCN(c2ccc(Nc3ncc(C(F)(F)F)c(C4CCCCC4)n3)cc2)C1. The lowest BCUT2D eigenvalue weighted by molar-refractivity contribution is -0.139. The summed E-state index contributed by atoms with van der Waals surface area (Å²) in [6, 6.07) is 7.40. The fraction of sp³-hybridized carbons (Fsp3) is 0.476. The third-order valence-electron chi connectivity index (χ3n) is 5.63. The van der Waals surface area contributed by atoms with Crippen molar-refractivity contribution in [3.05, 3.63) is 41.7 Å². The van der Waals surface area contributed by atoms with Crippen LogP contribution in [0.25, 0.3) is 0 Å². The van der Waals surface area contributed by atoms with Crippen LogP contribution in [0.5, 0.6) is 0 Å². The van der Waals surface area contributed by atoms with Gasteiger partial charge in [0.05, 0.1) is 17.8 Å². The van der Waals surface area contributed by atoms with Gasteiger partial charge in [0.1, 0.15) is 0 Å². The number of benzene rings is 1. The van der Waals surface area contributed by atoms with Crippen LogP contribution in [-0.4, -0.2) is 28.8 Å². The third-order valence-corrected chi connectivity index (χ3v) is 5.63. The number of hydrogen-bond donors (Lipinski definition) is 1. The maximum absolute atomic E-state index is 13.5. The molecule has 0 unspecified atom stereocenters. The minimum atomic E-state index is -4.46. The van der Waals surface area contributed by atoms with Gasteiger partial charge in [0.25, 0.3) is 0 Å². The highest BCUT2D eigenvalue weighted by Gasteiger charge is 2.37.